The van der Waals surface area contributed by atoms with Gasteiger partial charge in [0.1, 0.15) is 0 Å². The zero-order chi connectivity index (χ0) is 9.97. The van der Waals surface area contributed by atoms with Gasteiger partial charge in [-0.05, 0) is 25.0 Å². The van der Waals surface area contributed by atoms with Gasteiger partial charge in [-0.25, -0.2) is 0 Å². The molecule has 1 atom stereocenters. The van der Waals surface area contributed by atoms with E-state index in [1.807, 2.05) is 13.0 Å². The minimum Gasteiger partial charge on any atom is -0.390 e. The Labute approximate surface area is 83.7 Å². The van der Waals surface area contributed by atoms with E-state index in [0.717, 1.165) is 36.6 Å². The molecule has 0 bridgehead atoms. The van der Waals surface area contributed by atoms with Crippen molar-refractivity contribution in [3.05, 3.63) is 29.1 Å². The molecule has 1 N–H and O–H groups in total. The third-order valence-corrected chi connectivity index (χ3v) is 2.67. The standard InChI is InChI=1S/C11H15NO2/c1-8-2-3-10(11(6-13)12-8)9-4-5-14-7-9/h2-3,9,13H,4-7H2,1H3. The van der Waals surface area contributed by atoms with Crippen LogP contribution in [0.15, 0.2) is 12.1 Å². The highest BCUT2D eigenvalue weighted by molar-refractivity contribution is 5.26. The van der Waals surface area contributed by atoms with Crippen LogP contribution in [0.1, 0.15) is 29.3 Å². The molecule has 3 heteroatoms. The lowest BCUT2D eigenvalue weighted by molar-refractivity contribution is 0.193. The average molecular weight is 193 g/mol. The Hall–Kier alpha value is -0.930. The van der Waals surface area contributed by atoms with Crippen LogP contribution < -0.4 is 0 Å². The maximum absolute atomic E-state index is 9.20. The summed E-state index contributed by atoms with van der Waals surface area (Å²) in [4.78, 5) is 4.33. The molecule has 2 heterocycles. The summed E-state index contributed by atoms with van der Waals surface area (Å²) in [5.74, 6) is 0.422. The van der Waals surface area contributed by atoms with E-state index >= 15 is 0 Å². The van der Waals surface area contributed by atoms with E-state index in [9.17, 15) is 5.11 Å². The molecule has 76 valence electrons. The van der Waals surface area contributed by atoms with Gasteiger partial charge in [-0.1, -0.05) is 6.07 Å². The van der Waals surface area contributed by atoms with Gasteiger partial charge in [0.2, 0.25) is 0 Å². The molecule has 0 aromatic carbocycles. The normalized spacial score (nSPS) is 21.4. The molecule has 14 heavy (non-hydrogen) atoms. The van der Waals surface area contributed by atoms with Gasteiger partial charge in [0.05, 0.1) is 18.9 Å². The van der Waals surface area contributed by atoms with Gasteiger partial charge in [0.25, 0.3) is 0 Å². The van der Waals surface area contributed by atoms with Gasteiger partial charge >= 0.3 is 0 Å². The number of hydrogen-bond donors (Lipinski definition) is 1. The zero-order valence-electron chi connectivity index (χ0n) is 8.36. The van der Waals surface area contributed by atoms with Crippen molar-refractivity contribution in [1.29, 1.82) is 0 Å². The van der Waals surface area contributed by atoms with Gasteiger partial charge in [0.15, 0.2) is 0 Å². The van der Waals surface area contributed by atoms with E-state index in [1.54, 1.807) is 0 Å². The summed E-state index contributed by atoms with van der Waals surface area (Å²) in [5, 5.41) is 9.20. The number of pyridine rings is 1. The van der Waals surface area contributed by atoms with Crippen molar-refractivity contribution in [2.75, 3.05) is 13.2 Å². The number of aryl methyl sites for hydroxylation is 1. The molecule has 1 aliphatic heterocycles. The first kappa shape index (κ1) is 9.62. The Morgan fingerprint density at radius 2 is 2.43 bits per heavy atom. The molecule has 1 saturated heterocycles. The summed E-state index contributed by atoms with van der Waals surface area (Å²) in [6.07, 6.45) is 1.04. The summed E-state index contributed by atoms with van der Waals surface area (Å²) in [7, 11) is 0. The van der Waals surface area contributed by atoms with Crippen molar-refractivity contribution in [3.8, 4) is 0 Å². The summed E-state index contributed by atoms with van der Waals surface area (Å²) >= 11 is 0. The molecule has 0 amide bonds. The second-order valence-corrected chi connectivity index (χ2v) is 3.71. The molecule has 3 nitrogen and oxygen atoms in total. The summed E-state index contributed by atoms with van der Waals surface area (Å²) in [5.41, 5.74) is 2.91. The van der Waals surface area contributed by atoms with Crippen LogP contribution >= 0.6 is 0 Å². The Morgan fingerprint density at radius 1 is 1.57 bits per heavy atom. The number of hydrogen-bond acceptors (Lipinski definition) is 3. The van der Waals surface area contributed by atoms with Crippen molar-refractivity contribution < 1.29 is 9.84 Å². The largest absolute Gasteiger partial charge is 0.390 e. The fraction of sp³-hybridized carbons (Fsp3) is 0.545. The van der Waals surface area contributed by atoms with E-state index < -0.39 is 0 Å². The number of aliphatic hydroxyl groups excluding tert-OH is 1. The van der Waals surface area contributed by atoms with E-state index in [1.165, 1.54) is 0 Å². The second kappa shape index (κ2) is 4.07. The lowest BCUT2D eigenvalue weighted by atomic mass is 9.97. The topological polar surface area (TPSA) is 42.4 Å². The summed E-state index contributed by atoms with van der Waals surface area (Å²) in [6, 6.07) is 4.06. The van der Waals surface area contributed by atoms with Gasteiger partial charge in [0, 0.05) is 18.2 Å². The quantitative estimate of drug-likeness (QED) is 0.771. The summed E-state index contributed by atoms with van der Waals surface area (Å²) < 4.78 is 5.33. The molecule has 0 spiro atoms. The van der Waals surface area contributed by atoms with E-state index in [-0.39, 0.29) is 6.61 Å². The minimum absolute atomic E-state index is 0.0213. The van der Waals surface area contributed by atoms with Crippen LogP contribution in [-0.4, -0.2) is 23.3 Å². The highest BCUT2D eigenvalue weighted by Gasteiger charge is 2.20. The molecule has 0 radical (unpaired) electrons. The zero-order valence-corrected chi connectivity index (χ0v) is 8.36. The number of aromatic nitrogens is 1. The van der Waals surface area contributed by atoms with E-state index in [2.05, 4.69) is 11.1 Å². The van der Waals surface area contributed by atoms with Crippen LogP contribution in [0.25, 0.3) is 0 Å². The maximum Gasteiger partial charge on any atom is 0.0856 e. The monoisotopic (exact) mass is 193 g/mol. The molecule has 1 aromatic rings. The third-order valence-electron chi connectivity index (χ3n) is 2.67. The number of ether oxygens (including phenoxy) is 1. The van der Waals surface area contributed by atoms with Crippen LogP contribution in [0.5, 0.6) is 0 Å². The Balaban J connectivity index is 2.31. The Kier molecular flexibility index (Phi) is 2.79. The Morgan fingerprint density at radius 3 is 3.07 bits per heavy atom. The highest BCUT2D eigenvalue weighted by Crippen LogP contribution is 2.27. The fourth-order valence-corrected chi connectivity index (χ4v) is 1.90. The molecule has 1 fully saturated rings. The molecule has 1 unspecified atom stereocenters. The third kappa shape index (κ3) is 1.79. The molecule has 1 aliphatic rings. The van der Waals surface area contributed by atoms with Gasteiger partial charge in [-0.3, -0.25) is 4.98 Å². The fourth-order valence-electron chi connectivity index (χ4n) is 1.90. The van der Waals surface area contributed by atoms with Crippen LogP contribution in [0.3, 0.4) is 0 Å². The van der Waals surface area contributed by atoms with Crippen LogP contribution in [0.4, 0.5) is 0 Å². The molecular weight excluding hydrogens is 178 g/mol. The summed E-state index contributed by atoms with van der Waals surface area (Å²) in [6.45, 7) is 3.54. The van der Waals surface area contributed by atoms with Gasteiger partial charge < -0.3 is 9.84 Å². The van der Waals surface area contributed by atoms with Crippen molar-refractivity contribution in [2.24, 2.45) is 0 Å². The first-order valence-corrected chi connectivity index (χ1v) is 4.96. The van der Waals surface area contributed by atoms with Crippen LogP contribution in [0.2, 0.25) is 0 Å². The first-order chi connectivity index (χ1) is 6.81. The smallest absolute Gasteiger partial charge is 0.0856 e. The predicted octanol–water partition coefficient (Wildman–Crippen LogP) is 1.39. The molecule has 0 saturated carbocycles. The lowest BCUT2D eigenvalue weighted by Gasteiger charge is -2.12. The highest BCUT2D eigenvalue weighted by atomic mass is 16.5. The van der Waals surface area contributed by atoms with E-state index in [0.29, 0.717) is 5.92 Å². The second-order valence-electron chi connectivity index (χ2n) is 3.71. The number of aliphatic hydroxyl groups is 1. The van der Waals surface area contributed by atoms with Gasteiger partial charge in [-0.15, -0.1) is 0 Å². The maximum atomic E-state index is 9.20. The number of rotatable bonds is 2. The molecular formula is C11H15NO2. The predicted molar refractivity (Wildman–Crippen MR) is 53.1 cm³/mol. The van der Waals surface area contributed by atoms with Crippen molar-refractivity contribution in [1.82, 2.24) is 4.98 Å². The van der Waals surface area contributed by atoms with Crippen LogP contribution in [-0.2, 0) is 11.3 Å². The van der Waals surface area contributed by atoms with Crippen molar-refractivity contribution in [3.63, 3.8) is 0 Å². The van der Waals surface area contributed by atoms with Gasteiger partial charge in [-0.2, -0.15) is 0 Å². The van der Waals surface area contributed by atoms with Crippen LogP contribution in [0, 0.1) is 6.92 Å². The average Bonchev–Trinajstić information content (AvgIpc) is 2.70. The van der Waals surface area contributed by atoms with Crippen molar-refractivity contribution >= 4 is 0 Å². The Bertz CT molecular complexity index is 319. The molecule has 0 aliphatic carbocycles. The number of nitrogens with zero attached hydrogens (tertiary/aromatic N) is 1. The van der Waals surface area contributed by atoms with E-state index in [4.69, 9.17) is 4.74 Å². The minimum atomic E-state index is 0.0213. The first-order valence-electron chi connectivity index (χ1n) is 4.96. The molecule has 1 aromatic heterocycles. The molecule has 2 rings (SSSR count). The SMILES string of the molecule is Cc1ccc(C2CCOC2)c(CO)n1. The lowest BCUT2D eigenvalue weighted by Crippen LogP contribution is -2.05. The van der Waals surface area contributed by atoms with Crippen molar-refractivity contribution in [2.45, 2.75) is 25.9 Å².